The predicted molar refractivity (Wildman–Crippen MR) is 121 cm³/mol. The summed E-state index contributed by atoms with van der Waals surface area (Å²) >= 11 is 6.96. The summed E-state index contributed by atoms with van der Waals surface area (Å²) in [7, 11) is 2.16. The Hall–Kier alpha value is -1.97. The number of fused-ring (bicyclic) bond motifs is 1. The number of piperidine rings is 1. The molecule has 1 fully saturated rings. The maximum Gasteiger partial charge on any atom is 0.141 e. The van der Waals surface area contributed by atoms with Gasteiger partial charge in [-0.3, -0.25) is 0 Å². The van der Waals surface area contributed by atoms with Crippen molar-refractivity contribution in [2.45, 2.75) is 18.9 Å². The first kappa shape index (κ1) is 19.4. The highest BCUT2D eigenvalue weighted by molar-refractivity contribution is 9.11. The van der Waals surface area contributed by atoms with Gasteiger partial charge in [-0.05, 0) is 83.0 Å². The molecule has 7 nitrogen and oxygen atoms in total. The summed E-state index contributed by atoms with van der Waals surface area (Å²) in [5, 5.41) is 7.84. The average molecular weight is 507 g/mol. The Kier molecular flexibility index (Phi) is 5.65. The van der Waals surface area contributed by atoms with Crippen LogP contribution in [-0.2, 0) is 0 Å². The number of hydrogen-bond donors (Lipinski definition) is 3. The van der Waals surface area contributed by atoms with E-state index in [2.05, 4.69) is 69.4 Å². The second-order valence-corrected chi connectivity index (χ2v) is 8.72. The molecule has 3 heterocycles. The monoisotopic (exact) mass is 505 g/mol. The number of nitrogens with two attached hydrogens (primary N) is 1. The van der Waals surface area contributed by atoms with Gasteiger partial charge in [-0.1, -0.05) is 0 Å². The Morgan fingerprint density at radius 2 is 1.79 bits per heavy atom. The summed E-state index contributed by atoms with van der Waals surface area (Å²) in [6.07, 6.45) is 5.55. The predicted octanol–water partition coefficient (Wildman–Crippen LogP) is 4.38. The van der Waals surface area contributed by atoms with Gasteiger partial charge < -0.3 is 21.3 Å². The van der Waals surface area contributed by atoms with Gasteiger partial charge in [0.2, 0.25) is 0 Å². The first-order chi connectivity index (χ1) is 13.5. The number of hydrogen-bond acceptors (Lipinski definition) is 7. The van der Waals surface area contributed by atoms with E-state index in [-0.39, 0.29) is 0 Å². The molecule has 0 radical (unpaired) electrons. The highest BCUT2D eigenvalue weighted by atomic mass is 79.9. The van der Waals surface area contributed by atoms with Gasteiger partial charge in [-0.2, -0.15) is 0 Å². The molecule has 1 saturated heterocycles. The molecule has 0 saturated carbocycles. The fraction of sp³-hybridized carbons (Fsp3) is 0.316. The van der Waals surface area contributed by atoms with Crippen molar-refractivity contribution in [3.8, 4) is 0 Å². The first-order valence-electron chi connectivity index (χ1n) is 9.07. The first-order valence-corrected chi connectivity index (χ1v) is 10.7. The van der Waals surface area contributed by atoms with Crippen LogP contribution in [0.1, 0.15) is 12.8 Å². The quantitative estimate of drug-likeness (QED) is 0.452. The molecule has 0 atom stereocenters. The number of likely N-dealkylation sites (tertiary alicyclic amines) is 1. The van der Waals surface area contributed by atoms with Crippen LogP contribution in [0.5, 0.6) is 0 Å². The number of anilines is 4. The van der Waals surface area contributed by atoms with Crippen LogP contribution in [0.15, 0.2) is 39.7 Å². The summed E-state index contributed by atoms with van der Waals surface area (Å²) in [5.74, 6) is 1.57. The lowest BCUT2D eigenvalue weighted by Crippen LogP contribution is -2.36. The molecule has 0 amide bonds. The van der Waals surface area contributed by atoms with Crippen molar-refractivity contribution in [2.75, 3.05) is 36.5 Å². The summed E-state index contributed by atoms with van der Waals surface area (Å²) in [5.41, 5.74) is 8.31. The number of halogens is 2. The second kappa shape index (κ2) is 8.18. The van der Waals surface area contributed by atoms with Crippen molar-refractivity contribution in [2.24, 2.45) is 0 Å². The summed E-state index contributed by atoms with van der Waals surface area (Å²) in [4.78, 5) is 15.7. The van der Waals surface area contributed by atoms with E-state index in [4.69, 9.17) is 5.73 Å². The van der Waals surface area contributed by atoms with Crippen LogP contribution in [0, 0.1) is 0 Å². The Labute approximate surface area is 180 Å². The van der Waals surface area contributed by atoms with E-state index >= 15 is 0 Å². The molecule has 146 valence electrons. The Morgan fingerprint density at radius 1 is 1.07 bits per heavy atom. The molecule has 3 aromatic rings. The van der Waals surface area contributed by atoms with E-state index in [1.54, 1.807) is 6.20 Å². The zero-order valence-electron chi connectivity index (χ0n) is 15.4. The third-order valence-corrected chi connectivity index (χ3v) is 6.25. The van der Waals surface area contributed by atoms with E-state index in [1.165, 1.54) is 6.33 Å². The van der Waals surface area contributed by atoms with Gasteiger partial charge in [0.15, 0.2) is 0 Å². The van der Waals surface area contributed by atoms with Crippen molar-refractivity contribution in [1.82, 2.24) is 19.9 Å². The van der Waals surface area contributed by atoms with Crippen molar-refractivity contribution < 1.29 is 0 Å². The maximum absolute atomic E-state index is 5.99. The Morgan fingerprint density at radius 3 is 2.50 bits per heavy atom. The van der Waals surface area contributed by atoms with Crippen LogP contribution < -0.4 is 16.4 Å². The third-order valence-electron chi connectivity index (χ3n) is 4.93. The summed E-state index contributed by atoms with van der Waals surface area (Å²) < 4.78 is 1.63. The molecular weight excluding hydrogens is 486 g/mol. The lowest BCUT2D eigenvalue weighted by atomic mass is 10.1. The fourth-order valence-corrected chi connectivity index (χ4v) is 4.48. The molecule has 1 aliphatic heterocycles. The molecule has 1 aromatic carbocycles. The number of nitrogen functional groups attached to an aromatic ring is 1. The maximum atomic E-state index is 5.99. The van der Waals surface area contributed by atoms with Crippen LogP contribution in [0.4, 0.5) is 23.0 Å². The summed E-state index contributed by atoms with van der Waals surface area (Å²) in [6.45, 7) is 2.20. The lowest BCUT2D eigenvalue weighted by molar-refractivity contribution is 0.263. The van der Waals surface area contributed by atoms with Gasteiger partial charge >= 0.3 is 0 Å². The zero-order valence-corrected chi connectivity index (χ0v) is 18.6. The molecular formula is C19H21Br2N7. The van der Waals surface area contributed by atoms with Crippen LogP contribution in [0.25, 0.3) is 10.9 Å². The van der Waals surface area contributed by atoms with Gasteiger partial charge in [-0.25, -0.2) is 15.0 Å². The largest absolute Gasteiger partial charge is 0.397 e. The van der Waals surface area contributed by atoms with Crippen LogP contribution in [0.3, 0.4) is 0 Å². The fourth-order valence-electron chi connectivity index (χ4n) is 3.29. The molecule has 0 unspecified atom stereocenters. The van der Waals surface area contributed by atoms with Crippen LogP contribution >= 0.6 is 31.9 Å². The van der Waals surface area contributed by atoms with Gasteiger partial charge in [-0.15, -0.1) is 0 Å². The molecule has 0 bridgehead atoms. The zero-order chi connectivity index (χ0) is 19.7. The number of nitrogens with zero attached hydrogens (tertiary/aromatic N) is 4. The number of benzene rings is 1. The lowest BCUT2D eigenvalue weighted by Gasteiger charge is -2.29. The minimum Gasteiger partial charge on any atom is -0.397 e. The third kappa shape index (κ3) is 4.21. The van der Waals surface area contributed by atoms with Gasteiger partial charge in [0.05, 0.1) is 17.4 Å². The Bertz CT molecular complexity index is 980. The van der Waals surface area contributed by atoms with E-state index in [1.807, 2.05) is 18.2 Å². The van der Waals surface area contributed by atoms with E-state index < -0.39 is 0 Å². The molecule has 4 rings (SSSR count). The number of nitrogens with one attached hydrogen (secondary N) is 2. The molecule has 4 N–H and O–H groups in total. The highest BCUT2D eigenvalue weighted by Gasteiger charge is 2.17. The molecule has 0 aliphatic carbocycles. The van der Waals surface area contributed by atoms with E-state index in [0.717, 1.165) is 63.1 Å². The smallest absolute Gasteiger partial charge is 0.141 e. The summed E-state index contributed by atoms with van der Waals surface area (Å²) in [6, 6.07) is 6.29. The number of pyridine rings is 1. The van der Waals surface area contributed by atoms with E-state index in [9.17, 15) is 0 Å². The van der Waals surface area contributed by atoms with Crippen LogP contribution in [-0.4, -0.2) is 46.0 Å². The standard InChI is InChI=1S/C19H21Br2N7/c1-28-4-2-11(3-5-28)26-17-8-13-16(9-23-17)24-10-25-19(13)27-12-6-14(20)18(22)15(21)7-12/h6-11H,2-5,22H2,1H3,(H,23,26)(H,24,25,27). The van der Waals surface area contributed by atoms with Crippen molar-refractivity contribution in [3.05, 3.63) is 39.7 Å². The van der Waals surface area contributed by atoms with E-state index in [0.29, 0.717) is 11.7 Å². The number of rotatable bonds is 4. The van der Waals surface area contributed by atoms with Gasteiger partial charge in [0.1, 0.15) is 18.0 Å². The minimum atomic E-state index is 0.436. The highest BCUT2D eigenvalue weighted by Crippen LogP contribution is 2.34. The normalized spacial score (nSPS) is 15.7. The Balaban J connectivity index is 1.61. The molecule has 28 heavy (non-hydrogen) atoms. The SMILES string of the molecule is CN1CCC(Nc2cc3c(Nc4cc(Br)c(N)c(Br)c4)ncnc3cn2)CC1. The topological polar surface area (TPSA) is 92.0 Å². The second-order valence-electron chi connectivity index (χ2n) is 7.01. The minimum absolute atomic E-state index is 0.436. The molecule has 2 aromatic heterocycles. The molecule has 0 spiro atoms. The van der Waals surface area contributed by atoms with Crippen LogP contribution in [0.2, 0.25) is 0 Å². The average Bonchev–Trinajstić information content (AvgIpc) is 2.68. The van der Waals surface area contributed by atoms with Gasteiger partial charge in [0.25, 0.3) is 0 Å². The molecule has 9 heteroatoms. The number of aromatic nitrogens is 3. The van der Waals surface area contributed by atoms with Gasteiger partial charge in [0, 0.05) is 26.1 Å². The van der Waals surface area contributed by atoms with Crippen molar-refractivity contribution in [3.63, 3.8) is 0 Å². The molecule has 1 aliphatic rings. The van der Waals surface area contributed by atoms with Crippen molar-refractivity contribution >= 4 is 65.8 Å². The van der Waals surface area contributed by atoms with Crippen molar-refractivity contribution in [1.29, 1.82) is 0 Å².